The van der Waals surface area contributed by atoms with Crippen molar-refractivity contribution >= 4 is 17.5 Å². The highest BCUT2D eigenvalue weighted by Gasteiger charge is 2.53. The van der Waals surface area contributed by atoms with Gasteiger partial charge in [-0.1, -0.05) is 36.7 Å². The van der Waals surface area contributed by atoms with Crippen molar-refractivity contribution in [2.75, 3.05) is 0 Å². The number of hydrogen-bond donors (Lipinski definition) is 2. The van der Waals surface area contributed by atoms with Crippen LogP contribution in [-0.2, 0) is 10.2 Å². The molecule has 0 fully saturated rings. The van der Waals surface area contributed by atoms with Gasteiger partial charge < -0.3 is 10.6 Å². The van der Waals surface area contributed by atoms with Crippen LogP contribution in [0.2, 0.25) is 5.02 Å². The molecular weight excluding hydrogens is 410 g/mol. The van der Waals surface area contributed by atoms with Crippen molar-refractivity contribution in [2.24, 2.45) is 10.2 Å². The molecule has 2 N–H and O–H groups in total. The van der Waals surface area contributed by atoms with E-state index in [9.17, 15) is 4.79 Å². The lowest BCUT2D eigenvalue weighted by atomic mass is 9.62. The molecule has 0 radical (unpaired) electrons. The number of nitrogens with one attached hydrogen (secondary N) is 2. The fraction of sp³-hybridized carbons (Fsp3) is 0.333. The van der Waals surface area contributed by atoms with Crippen LogP contribution in [0.3, 0.4) is 0 Å². The molecule has 7 heteroatoms. The number of amides is 1. The summed E-state index contributed by atoms with van der Waals surface area (Å²) in [5.74, 6) is -0.0424. The van der Waals surface area contributed by atoms with Crippen LogP contribution < -0.4 is 10.6 Å². The van der Waals surface area contributed by atoms with Gasteiger partial charge in [0.05, 0.1) is 22.2 Å². The third-order valence-electron chi connectivity index (χ3n) is 6.47. The molecule has 3 aliphatic heterocycles. The Balaban J connectivity index is 1.75. The van der Waals surface area contributed by atoms with Gasteiger partial charge in [0.2, 0.25) is 0 Å². The monoisotopic (exact) mass is 433 g/mol. The topological polar surface area (TPSA) is 78.7 Å². The molecule has 31 heavy (non-hydrogen) atoms. The third kappa shape index (κ3) is 3.00. The van der Waals surface area contributed by atoms with Crippen molar-refractivity contribution in [1.82, 2.24) is 15.6 Å². The number of fused-ring (bicyclic) bond motifs is 1. The van der Waals surface area contributed by atoms with Crippen LogP contribution in [0.15, 0.2) is 76.0 Å². The molecular formula is C24H24ClN5O. The van der Waals surface area contributed by atoms with Crippen molar-refractivity contribution in [3.05, 3.63) is 76.4 Å². The molecule has 2 aromatic rings. The molecule has 0 saturated carbocycles. The van der Waals surface area contributed by atoms with Crippen LogP contribution in [0.5, 0.6) is 0 Å². The molecule has 0 aliphatic carbocycles. The second-order valence-corrected chi connectivity index (χ2v) is 9.33. The lowest BCUT2D eigenvalue weighted by Crippen LogP contribution is -2.58. The smallest absolute Gasteiger partial charge is 0.250 e. The molecule has 0 bridgehead atoms. The Morgan fingerprint density at radius 2 is 2.10 bits per heavy atom. The molecule has 1 amide bonds. The van der Waals surface area contributed by atoms with Crippen molar-refractivity contribution in [1.29, 1.82) is 0 Å². The van der Waals surface area contributed by atoms with Gasteiger partial charge in [-0.3, -0.25) is 9.78 Å². The highest BCUT2D eigenvalue weighted by atomic mass is 35.5. The molecule has 0 saturated heterocycles. The highest BCUT2D eigenvalue weighted by Crippen LogP contribution is 2.51. The van der Waals surface area contributed by atoms with Crippen molar-refractivity contribution in [3.8, 4) is 11.1 Å². The lowest BCUT2D eigenvalue weighted by molar-refractivity contribution is -0.120. The van der Waals surface area contributed by atoms with E-state index >= 15 is 0 Å². The average Bonchev–Trinajstić information content (AvgIpc) is 3.20. The lowest BCUT2D eigenvalue weighted by Gasteiger charge is -2.48. The van der Waals surface area contributed by atoms with Crippen LogP contribution in [-0.4, -0.2) is 22.6 Å². The number of carbonyl (C=O) groups excluding carboxylic acids is 1. The van der Waals surface area contributed by atoms with E-state index in [0.29, 0.717) is 17.9 Å². The van der Waals surface area contributed by atoms with Crippen LogP contribution in [0, 0.1) is 0 Å². The Morgan fingerprint density at radius 3 is 2.87 bits per heavy atom. The van der Waals surface area contributed by atoms with E-state index < -0.39 is 5.41 Å². The van der Waals surface area contributed by atoms with E-state index in [4.69, 9.17) is 11.6 Å². The van der Waals surface area contributed by atoms with Gasteiger partial charge in [-0.25, -0.2) is 0 Å². The Morgan fingerprint density at radius 1 is 1.26 bits per heavy atom. The summed E-state index contributed by atoms with van der Waals surface area (Å²) in [5.41, 5.74) is 4.70. The molecule has 0 spiro atoms. The van der Waals surface area contributed by atoms with Gasteiger partial charge in [0, 0.05) is 41.2 Å². The Labute approximate surface area is 186 Å². The van der Waals surface area contributed by atoms with Crippen LogP contribution >= 0.6 is 11.6 Å². The SMILES string of the molecule is CC[C@@]1(c2cccc(-c3ccncc3Cl)c2)C2=CN=NC2NC2=C1C(=O)NC(C)(C)C2. The standard InChI is InChI=1S/C24H24ClN5O/c1-4-24(15-7-5-6-14(10-15)16-8-9-26-13-18(16)25)17-12-27-30-21(17)28-19-11-23(2,3)29-22(31)20(19)24/h5-10,12-13,21,28H,4,11H2,1-3H3,(H,29,31)/t21?,24-/m1/s1. The molecule has 5 rings (SSSR count). The fourth-order valence-electron chi connectivity index (χ4n) is 5.17. The first-order valence-corrected chi connectivity index (χ1v) is 10.9. The Bertz CT molecular complexity index is 1180. The molecule has 6 nitrogen and oxygen atoms in total. The second kappa shape index (κ2) is 7.02. The van der Waals surface area contributed by atoms with E-state index in [0.717, 1.165) is 33.5 Å². The molecule has 1 aromatic heterocycles. The summed E-state index contributed by atoms with van der Waals surface area (Å²) in [6, 6.07) is 10.2. The normalized spacial score (nSPS) is 26.0. The maximum Gasteiger partial charge on any atom is 0.250 e. The average molecular weight is 434 g/mol. The quantitative estimate of drug-likeness (QED) is 0.723. The van der Waals surface area contributed by atoms with Crippen molar-refractivity contribution < 1.29 is 4.79 Å². The van der Waals surface area contributed by atoms with Gasteiger partial charge in [-0.15, -0.1) is 0 Å². The van der Waals surface area contributed by atoms with E-state index in [2.05, 4.69) is 44.9 Å². The summed E-state index contributed by atoms with van der Waals surface area (Å²) in [5, 5.41) is 15.9. The molecule has 1 unspecified atom stereocenters. The highest BCUT2D eigenvalue weighted by molar-refractivity contribution is 6.33. The summed E-state index contributed by atoms with van der Waals surface area (Å²) >= 11 is 6.43. The molecule has 1 aromatic carbocycles. The van der Waals surface area contributed by atoms with Crippen molar-refractivity contribution in [2.45, 2.75) is 50.7 Å². The zero-order chi connectivity index (χ0) is 21.8. The number of rotatable bonds is 3. The minimum atomic E-state index is -0.620. The molecule has 2 atom stereocenters. The fourth-order valence-corrected chi connectivity index (χ4v) is 5.40. The Hall–Kier alpha value is -2.99. The number of benzene rings is 1. The maximum absolute atomic E-state index is 13.5. The largest absolute Gasteiger partial charge is 0.362 e. The number of aromatic nitrogens is 1. The van der Waals surface area contributed by atoms with Gasteiger partial charge in [0.25, 0.3) is 5.91 Å². The number of nitrogens with zero attached hydrogens (tertiary/aromatic N) is 3. The first-order valence-electron chi connectivity index (χ1n) is 10.5. The summed E-state index contributed by atoms with van der Waals surface area (Å²) in [6.07, 6.45) is 6.36. The predicted molar refractivity (Wildman–Crippen MR) is 120 cm³/mol. The van der Waals surface area contributed by atoms with Gasteiger partial charge in [-0.05, 0) is 43.5 Å². The van der Waals surface area contributed by atoms with E-state index in [1.165, 1.54) is 0 Å². The van der Waals surface area contributed by atoms with Gasteiger partial charge in [-0.2, -0.15) is 10.2 Å². The van der Waals surface area contributed by atoms with Crippen molar-refractivity contribution in [3.63, 3.8) is 0 Å². The number of halogens is 1. The van der Waals surface area contributed by atoms with Crippen LogP contribution in [0.4, 0.5) is 0 Å². The number of pyridine rings is 1. The first kappa shape index (κ1) is 19.9. The predicted octanol–water partition coefficient (Wildman–Crippen LogP) is 4.88. The first-order chi connectivity index (χ1) is 14.9. The number of carbonyl (C=O) groups is 1. The van der Waals surface area contributed by atoms with E-state index in [-0.39, 0.29) is 17.6 Å². The van der Waals surface area contributed by atoms with Gasteiger partial charge in [0.1, 0.15) is 0 Å². The zero-order valence-electron chi connectivity index (χ0n) is 17.7. The minimum absolute atomic E-state index is 0.0424. The molecule has 3 aliphatic rings. The summed E-state index contributed by atoms with van der Waals surface area (Å²) < 4.78 is 0. The maximum atomic E-state index is 13.5. The zero-order valence-corrected chi connectivity index (χ0v) is 18.5. The van der Waals surface area contributed by atoms with Gasteiger partial charge >= 0.3 is 0 Å². The van der Waals surface area contributed by atoms with Gasteiger partial charge in [0.15, 0.2) is 6.17 Å². The molecule has 158 valence electrons. The Kier molecular flexibility index (Phi) is 4.52. The summed E-state index contributed by atoms with van der Waals surface area (Å²) in [7, 11) is 0. The summed E-state index contributed by atoms with van der Waals surface area (Å²) in [4.78, 5) is 17.6. The van der Waals surface area contributed by atoms with Crippen LogP contribution in [0.1, 0.15) is 39.2 Å². The second-order valence-electron chi connectivity index (χ2n) is 8.93. The van der Waals surface area contributed by atoms with Crippen LogP contribution in [0.25, 0.3) is 11.1 Å². The minimum Gasteiger partial charge on any atom is -0.362 e. The number of azo groups is 1. The van der Waals surface area contributed by atoms with E-state index in [1.54, 1.807) is 12.4 Å². The van der Waals surface area contributed by atoms with E-state index in [1.807, 2.05) is 38.2 Å². The summed E-state index contributed by atoms with van der Waals surface area (Å²) in [6.45, 7) is 6.19. The number of hydrogen-bond acceptors (Lipinski definition) is 5. The molecule has 4 heterocycles. The third-order valence-corrected chi connectivity index (χ3v) is 6.77.